The van der Waals surface area contributed by atoms with E-state index in [1.807, 2.05) is 32.0 Å². The highest BCUT2D eigenvalue weighted by atomic mass is 35.5. The lowest BCUT2D eigenvalue weighted by molar-refractivity contribution is -0.142. The number of rotatable bonds is 13. The number of nitrogens with two attached hydrogens (primary N) is 1. The average molecular weight is 587 g/mol. The minimum atomic E-state index is -1.34. The Morgan fingerprint density at radius 2 is 1.66 bits per heavy atom. The molecule has 0 aromatic heterocycles. The van der Waals surface area contributed by atoms with Crippen LogP contribution < -0.4 is 16.4 Å². The van der Waals surface area contributed by atoms with Gasteiger partial charge >= 0.3 is 6.09 Å². The number of anilines is 1. The molecule has 0 saturated carbocycles. The Hall–Kier alpha value is -3.59. The quantitative estimate of drug-likeness (QED) is 0.255. The predicted molar refractivity (Wildman–Crippen MR) is 162 cm³/mol. The van der Waals surface area contributed by atoms with E-state index in [4.69, 9.17) is 22.1 Å². The number of para-hydroxylation sites is 1. The van der Waals surface area contributed by atoms with E-state index in [0.29, 0.717) is 22.7 Å². The minimum Gasteiger partial charge on any atom is -0.444 e. The van der Waals surface area contributed by atoms with Gasteiger partial charge < -0.3 is 26.0 Å². The maximum Gasteiger partial charge on any atom is 0.408 e. The van der Waals surface area contributed by atoms with Crippen LogP contribution in [0.4, 0.5) is 10.5 Å². The molecule has 0 aliphatic rings. The number of ether oxygens (including phenoxy) is 1. The molecule has 0 aliphatic carbocycles. The van der Waals surface area contributed by atoms with E-state index < -0.39 is 47.9 Å². The van der Waals surface area contributed by atoms with Gasteiger partial charge in [0.15, 0.2) is 0 Å². The zero-order valence-electron chi connectivity index (χ0n) is 24.9. The number of aryl methyl sites for hydroxylation is 2. The summed E-state index contributed by atoms with van der Waals surface area (Å²) in [6.07, 6.45) is 2.03. The van der Waals surface area contributed by atoms with E-state index in [0.717, 1.165) is 30.4 Å². The highest BCUT2D eigenvalue weighted by Gasteiger charge is 2.37. The van der Waals surface area contributed by atoms with Crippen LogP contribution >= 0.6 is 11.6 Å². The molecule has 2 unspecified atom stereocenters. The molecule has 4 N–H and O–H groups in total. The van der Waals surface area contributed by atoms with Gasteiger partial charge in [0.1, 0.15) is 17.7 Å². The van der Waals surface area contributed by atoms with Crippen LogP contribution in [0, 0.1) is 13.8 Å². The molecule has 0 heterocycles. The second kappa shape index (κ2) is 15.4. The summed E-state index contributed by atoms with van der Waals surface area (Å²) in [6, 6.07) is 10.1. The summed E-state index contributed by atoms with van der Waals surface area (Å²) >= 11 is 6.42. The third-order valence-electron chi connectivity index (χ3n) is 6.35. The smallest absolute Gasteiger partial charge is 0.408 e. The van der Waals surface area contributed by atoms with Gasteiger partial charge in [-0.15, -0.1) is 0 Å². The van der Waals surface area contributed by atoms with E-state index in [2.05, 4.69) is 17.6 Å². The Bertz CT molecular complexity index is 1190. The normalized spacial score (nSPS) is 12.7. The highest BCUT2D eigenvalue weighted by molar-refractivity contribution is 6.34. The van der Waals surface area contributed by atoms with E-state index in [1.54, 1.807) is 45.0 Å². The van der Waals surface area contributed by atoms with E-state index in [-0.39, 0.29) is 6.54 Å². The van der Waals surface area contributed by atoms with Crippen molar-refractivity contribution in [2.24, 2.45) is 5.73 Å². The number of nitrogens with one attached hydrogen (secondary N) is 2. The number of benzene rings is 2. The van der Waals surface area contributed by atoms with E-state index in [1.165, 1.54) is 4.90 Å². The van der Waals surface area contributed by atoms with Gasteiger partial charge in [0, 0.05) is 6.54 Å². The molecule has 0 bridgehead atoms. The van der Waals surface area contributed by atoms with Gasteiger partial charge in [-0.1, -0.05) is 79.7 Å². The topological polar surface area (TPSA) is 131 Å². The summed E-state index contributed by atoms with van der Waals surface area (Å²) in [4.78, 5) is 54.2. The molecule has 9 nitrogen and oxygen atoms in total. The SMILES string of the molecule is CCCCCCN(C(=O)C(CC(N)=O)NC(=O)OC(C)(C)C)C(C(=O)Nc1c(C)cccc1Cl)c1ccc(C)cc1. The van der Waals surface area contributed by atoms with Gasteiger partial charge in [-0.25, -0.2) is 4.79 Å². The largest absolute Gasteiger partial charge is 0.444 e. The maximum absolute atomic E-state index is 14.2. The van der Waals surface area contributed by atoms with Gasteiger partial charge in [0.2, 0.25) is 11.8 Å². The molecular formula is C31H43ClN4O5. The average Bonchev–Trinajstić information content (AvgIpc) is 2.86. The van der Waals surface area contributed by atoms with Crippen LogP contribution in [0.3, 0.4) is 0 Å². The molecule has 224 valence electrons. The molecule has 4 amide bonds. The van der Waals surface area contributed by atoms with Crippen molar-refractivity contribution in [2.45, 2.75) is 91.3 Å². The third kappa shape index (κ3) is 10.7. The van der Waals surface area contributed by atoms with Crippen molar-refractivity contribution in [3.05, 3.63) is 64.2 Å². The number of halogens is 1. The lowest BCUT2D eigenvalue weighted by Gasteiger charge is -2.34. The van der Waals surface area contributed by atoms with Crippen molar-refractivity contribution >= 4 is 41.1 Å². The fourth-order valence-corrected chi connectivity index (χ4v) is 4.60. The van der Waals surface area contributed by atoms with E-state index >= 15 is 0 Å². The standard InChI is InChI=1S/C31H43ClN4O5/c1-7-8-9-10-18-36(29(39)24(19-25(33)37)34-30(40)41-31(4,5)6)27(22-16-14-20(2)15-17-22)28(38)35-26-21(3)12-11-13-23(26)32/h11-17,24,27H,7-10,18-19H2,1-6H3,(H2,33,37)(H,34,40)(H,35,38). The minimum absolute atomic E-state index is 0.206. The van der Waals surface area contributed by atoms with Gasteiger partial charge in [0.05, 0.1) is 17.1 Å². The molecular weight excluding hydrogens is 544 g/mol. The first-order valence-corrected chi connectivity index (χ1v) is 14.3. The molecule has 0 fully saturated rings. The number of primary amides is 1. The van der Waals surface area contributed by atoms with Crippen LogP contribution in [-0.2, 0) is 19.1 Å². The van der Waals surface area contributed by atoms with E-state index in [9.17, 15) is 19.2 Å². The van der Waals surface area contributed by atoms with Crippen molar-refractivity contribution in [3.63, 3.8) is 0 Å². The number of nitrogens with zero attached hydrogens (tertiary/aromatic N) is 1. The lowest BCUT2D eigenvalue weighted by atomic mass is 10.00. The molecule has 2 aromatic carbocycles. The number of carbonyl (C=O) groups is 4. The van der Waals surface area contributed by atoms with Gasteiger partial charge in [-0.05, 0) is 58.2 Å². The van der Waals surface area contributed by atoms with Crippen molar-refractivity contribution in [1.29, 1.82) is 0 Å². The van der Waals surface area contributed by atoms with Crippen LogP contribution in [0.25, 0.3) is 0 Å². The number of alkyl carbamates (subject to hydrolysis) is 1. The molecule has 0 spiro atoms. The Morgan fingerprint density at radius 3 is 2.22 bits per heavy atom. The summed E-state index contributed by atoms with van der Waals surface area (Å²) < 4.78 is 5.34. The summed E-state index contributed by atoms with van der Waals surface area (Å²) in [5.74, 6) is -1.89. The number of hydrogen-bond acceptors (Lipinski definition) is 5. The zero-order valence-corrected chi connectivity index (χ0v) is 25.6. The van der Waals surface area contributed by atoms with Crippen LogP contribution in [0.2, 0.25) is 5.02 Å². The Kier molecular flexibility index (Phi) is 12.6. The maximum atomic E-state index is 14.2. The molecule has 2 rings (SSSR count). The lowest BCUT2D eigenvalue weighted by Crippen LogP contribution is -2.53. The molecule has 0 aliphatic heterocycles. The van der Waals surface area contributed by atoms with Crippen LogP contribution in [0.5, 0.6) is 0 Å². The fraction of sp³-hybridized carbons (Fsp3) is 0.484. The monoisotopic (exact) mass is 586 g/mol. The molecule has 0 saturated heterocycles. The number of hydrogen-bond donors (Lipinski definition) is 3. The first kappa shape index (κ1) is 33.6. The number of unbranched alkanes of at least 4 members (excludes halogenated alkanes) is 3. The first-order chi connectivity index (χ1) is 19.2. The van der Waals surface area contributed by atoms with Crippen molar-refractivity contribution in [1.82, 2.24) is 10.2 Å². The second-order valence-corrected chi connectivity index (χ2v) is 11.6. The van der Waals surface area contributed by atoms with Crippen LogP contribution in [0.1, 0.15) is 82.5 Å². The zero-order chi connectivity index (χ0) is 30.7. The van der Waals surface area contributed by atoms with Crippen LogP contribution in [-0.4, -0.2) is 46.9 Å². The van der Waals surface area contributed by atoms with Gasteiger partial charge in [0.25, 0.3) is 5.91 Å². The summed E-state index contributed by atoms with van der Waals surface area (Å²) in [7, 11) is 0. The predicted octanol–water partition coefficient (Wildman–Crippen LogP) is 5.81. The summed E-state index contributed by atoms with van der Waals surface area (Å²) in [6.45, 7) is 11.1. The molecule has 0 radical (unpaired) electrons. The van der Waals surface area contributed by atoms with Crippen molar-refractivity contribution < 1.29 is 23.9 Å². The Labute approximate surface area is 248 Å². The van der Waals surface area contributed by atoms with Crippen LogP contribution in [0.15, 0.2) is 42.5 Å². The van der Waals surface area contributed by atoms with Crippen molar-refractivity contribution in [3.8, 4) is 0 Å². The molecule has 41 heavy (non-hydrogen) atoms. The molecule has 10 heteroatoms. The van der Waals surface area contributed by atoms with Gasteiger partial charge in [-0.2, -0.15) is 0 Å². The summed E-state index contributed by atoms with van der Waals surface area (Å²) in [5.41, 5.74) is 7.39. The first-order valence-electron chi connectivity index (χ1n) is 13.9. The third-order valence-corrected chi connectivity index (χ3v) is 6.67. The fourth-order valence-electron chi connectivity index (χ4n) is 4.33. The van der Waals surface area contributed by atoms with Crippen molar-refractivity contribution in [2.75, 3.05) is 11.9 Å². The Morgan fingerprint density at radius 1 is 1.00 bits per heavy atom. The summed E-state index contributed by atoms with van der Waals surface area (Å²) in [5, 5.41) is 5.78. The highest BCUT2D eigenvalue weighted by Crippen LogP contribution is 2.30. The number of amides is 4. The number of carbonyl (C=O) groups excluding carboxylic acids is 4. The Balaban J connectivity index is 2.58. The second-order valence-electron chi connectivity index (χ2n) is 11.2. The van der Waals surface area contributed by atoms with Gasteiger partial charge in [-0.3, -0.25) is 14.4 Å². The molecule has 2 aromatic rings. The molecule has 2 atom stereocenters.